The predicted octanol–water partition coefficient (Wildman–Crippen LogP) is 5.56. The van der Waals surface area contributed by atoms with Gasteiger partial charge in [0.25, 0.3) is 0 Å². The van der Waals surface area contributed by atoms with Gasteiger partial charge in [0.05, 0.1) is 0 Å². The summed E-state index contributed by atoms with van der Waals surface area (Å²) in [6, 6.07) is 14.5. The van der Waals surface area contributed by atoms with Crippen molar-refractivity contribution >= 4 is 28.2 Å². The number of nitrogens with one attached hydrogen (secondary N) is 3. The van der Waals surface area contributed by atoms with E-state index in [0.717, 1.165) is 45.9 Å². The number of nitrogens with zero attached hydrogens (tertiary/aromatic N) is 2. The number of hydrogen-bond acceptors (Lipinski definition) is 4. The highest BCUT2D eigenvalue weighted by Gasteiger charge is 2.29. The summed E-state index contributed by atoms with van der Waals surface area (Å²) in [6.07, 6.45) is 5.53. The van der Waals surface area contributed by atoms with Gasteiger partial charge in [0.15, 0.2) is 0 Å². The van der Waals surface area contributed by atoms with Crippen LogP contribution in [0.3, 0.4) is 0 Å². The van der Waals surface area contributed by atoms with Gasteiger partial charge < -0.3 is 15.6 Å². The lowest BCUT2D eigenvalue weighted by Gasteiger charge is -2.35. The first-order valence-corrected chi connectivity index (χ1v) is 10.3. The van der Waals surface area contributed by atoms with E-state index in [9.17, 15) is 0 Å². The molecule has 1 aliphatic heterocycles. The largest absolute Gasteiger partial charge is 0.384 e. The Balaban J connectivity index is 1.49. The van der Waals surface area contributed by atoms with Gasteiger partial charge in [-0.05, 0) is 41.5 Å². The van der Waals surface area contributed by atoms with E-state index in [1.54, 1.807) is 12.4 Å². The fourth-order valence-electron chi connectivity index (χ4n) is 4.15. The molecule has 0 fully saturated rings. The van der Waals surface area contributed by atoms with E-state index < -0.39 is 0 Å². The van der Waals surface area contributed by atoms with Crippen LogP contribution in [0.1, 0.15) is 30.5 Å². The molecule has 154 valence electrons. The molecule has 0 radical (unpaired) electrons. The molecule has 0 atom stereocenters. The fraction of sp³-hybridized carbons (Fsp3) is 0.154. The molecular weight excluding hydrogens is 382 g/mol. The SMILES string of the molecule is C=C(Nc1ccc2c(-c3ccc4c(c3)C(C)(C)CNC4=C)c[nH]c2n1)c1ccncc1. The summed E-state index contributed by atoms with van der Waals surface area (Å²) in [7, 11) is 0. The number of fused-ring (bicyclic) bond motifs is 2. The monoisotopic (exact) mass is 407 g/mol. The number of benzene rings is 1. The van der Waals surface area contributed by atoms with Crippen molar-refractivity contribution in [3.63, 3.8) is 0 Å². The maximum absolute atomic E-state index is 4.75. The predicted molar refractivity (Wildman–Crippen MR) is 128 cm³/mol. The molecule has 0 unspecified atom stereocenters. The highest BCUT2D eigenvalue weighted by atomic mass is 15.0. The molecule has 4 heterocycles. The lowest BCUT2D eigenvalue weighted by molar-refractivity contribution is 0.493. The van der Waals surface area contributed by atoms with Crippen LogP contribution in [0.15, 0.2) is 74.2 Å². The van der Waals surface area contributed by atoms with Gasteiger partial charge in [-0.3, -0.25) is 4.98 Å². The average Bonchev–Trinajstić information content (AvgIpc) is 3.20. The van der Waals surface area contributed by atoms with Crippen molar-refractivity contribution in [2.75, 3.05) is 11.9 Å². The maximum Gasteiger partial charge on any atom is 0.140 e. The standard InChI is InChI=1S/C26H25N5/c1-16(18-9-11-27-12-10-18)30-24-8-7-21-22(14-28-25(21)31-24)19-5-6-20-17(2)29-15-26(3,4)23(20)13-19/h5-14,29H,1-2,15H2,3-4H3,(H2,28,30,31). The third-order valence-corrected chi connectivity index (χ3v) is 5.97. The van der Waals surface area contributed by atoms with Crippen LogP contribution in [0.5, 0.6) is 0 Å². The molecule has 0 aliphatic carbocycles. The molecule has 0 bridgehead atoms. The Morgan fingerprint density at radius 3 is 2.68 bits per heavy atom. The van der Waals surface area contributed by atoms with Gasteiger partial charge in [0, 0.05) is 64.0 Å². The minimum absolute atomic E-state index is 0.0430. The number of H-pyrrole nitrogens is 1. The van der Waals surface area contributed by atoms with Gasteiger partial charge in [-0.1, -0.05) is 39.1 Å². The molecule has 0 spiro atoms. The molecule has 3 aromatic heterocycles. The molecule has 0 saturated heterocycles. The Hall–Kier alpha value is -3.86. The van der Waals surface area contributed by atoms with Crippen molar-refractivity contribution in [2.24, 2.45) is 0 Å². The van der Waals surface area contributed by atoms with E-state index in [-0.39, 0.29) is 5.41 Å². The van der Waals surface area contributed by atoms with Crippen molar-refractivity contribution in [1.29, 1.82) is 0 Å². The highest BCUT2D eigenvalue weighted by Crippen LogP contribution is 2.38. The second kappa shape index (κ2) is 7.13. The van der Waals surface area contributed by atoms with Gasteiger partial charge >= 0.3 is 0 Å². The van der Waals surface area contributed by atoms with E-state index in [1.165, 1.54) is 16.7 Å². The Kier molecular flexibility index (Phi) is 4.40. The van der Waals surface area contributed by atoms with Crippen LogP contribution in [0.2, 0.25) is 0 Å². The van der Waals surface area contributed by atoms with Gasteiger partial charge in [0.1, 0.15) is 11.5 Å². The molecule has 0 amide bonds. The quantitative estimate of drug-likeness (QED) is 0.414. The van der Waals surface area contributed by atoms with Crippen molar-refractivity contribution < 1.29 is 0 Å². The second-order valence-electron chi connectivity index (χ2n) is 8.61. The first kappa shape index (κ1) is 19.1. The fourth-order valence-corrected chi connectivity index (χ4v) is 4.15. The molecule has 0 saturated carbocycles. The van der Waals surface area contributed by atoms with Crippen molar-refractivity contribution in [1.82, 2.24) is 20.3 Å². The molecule has 1 aromatic carbocycles. The highest BCUT2D eigenvalue weighted by molar-refractivity contribution is 5.95. The molecule has 5 heteroatoms. The van der Waals surface area contributed by atoms with Crippen LogP contribution >= 0.6 is 0 Å². The molecule has 1 aliphatic rings. The number of aromatic nitrogens is 3. The first-order valence-electron chi connectivity index (χ1n) is 10.3. The summed E-state index contributed by atoms with van der Waals surface area (Å²) in [5, 5.41) is 7.79. The number of anilines is 1. The van der Waals surface area contributed by atoms with E-state index >= 15 is 0 Å². The maximum atomic E-state index is 4.75. The average molecular weight is 408 g/mol. The van der Waals surface area contributed by atoms with Crippen LogP contribution in [-0.4, -0.2) is 21.5 Å². The molecule has 3 N–H and O–H groups in total. The smallest absolute Gasteiger partial charge is 0.140 e. The molecule has 31 heavy (non-hydrogen) atoms. The number of hydrogen-bond donors (Lipinski definition) is 3. The van der Waals surface area contributed by atoms with Crippen LogP contribution in [-0.2, 0) is 5.41 Å². The summed E-state index contributed by atoms with van der Waals surface area (Å²) in [6.45, 7) is 13.7. The number of pyridine rings is 2. The van der Waals surface area contributed by atoms with Crippen molar-refractivity contribution in [3.05, 3.63) is 90.9 Å². The molecule has 5 rings (SSSR count). The topological polar surface area (TPSA) is 65.6 Å². The van der Waals surface area contributed by atoms with E-state index in [1.807, 2.05) is 24.4 Å². The normalized spacial score (nSPS) is 14.7. The van der Waals surface area contributed by atoms with E-state index in [0.29, 0.717) is 0 Å². The van der Waals surface area contributed by atoms with Gasteiger partial charge in [-0.25, -0.2) is 4.98 Å². The summed E-state index contributed by atoms with van der Waals surface area (Å²) in [4.78, 5) is 12.1. The zero-order valence-electron chi connectivity index (χ0n) is 17.8. The minimum Gasteiger partial charge on any atom is -0.384 e. The van der Waals surface area contributed by atoms with Gasteiger partial charge in [-0.15, -0.1) is 0 Å². The summed E-state index contributed by atoms with van der Waals surface area (Å²) >= 11 is 0. The zero-order valence-corrected chi connectivity index (χ0v) is 17.8. The Bertz CT molecular complexity index is 1310. The Morgan fingerprint density at radius 2 is 1.87 bits per heavy atom. The first-order chi connectivity index (χ1) is 14.9. The van der Waals surface area contributed by atoms with Crippen LogP contribution in [0.25, 0.3) is 33.6 Å². The molecule has 5 nitrogen and oxygen atoms in total. The van der Waals surface area contributed by atoms with E-state index in [4.69, 9.17) is 4.98 Å². The summed E-state index contributed by atoms with van der Waals surface area (Å²) < 4.78 is 0. The lowest BCUT2D eigenvalue weighted by atomic mass is 9.77. The number of aromatic amines is 1. The van der Waals surface area contributed by atoms with Crippen molar-refractivity contribution in [3.8, 4) is 11.1 Å². The molecular formula is C26H25N5. The summed E-state index contributed by atoms with van der Waals surface area (Å²) in [5.74, 6) is 0.747. The van der Waals surface area contributed by atoms with Gasteiger partial charge in [-0.2, -0.15) is 0 Å². The molecule has 4 aromatic rings. The zero-order chi connectivity index (χ0) is 21.6. The third kappa shape index (κ3) is 3.38. The van der Waals surface area contributed by atoms with Crippen LogP contribution < -0.4 is 10.6 Å². The van der Waals surface area contributed by atoms with E-state index in [2.05, 4.69) is 71.9 Å². The number of rotatable bonds is 4. The third-order valence-electron chi connectivity index (χ3n) is 5.97. The van der Waals surface area contributed by atoms with Crippen LogP contribution in [0, 0.1) is 0 Å². The lowest BCUT2D eigenvalue weighted by Crippen LogP contribution is -2.37. The second-order valence-corrected chi connectivity index (χ2v) is 8.61. The van der Waals surface area contributed by atoms with Crippen molar-refractivity contribution in [2.45, 2.75) is 19.3 Å². The Labute approximate surface area is 182 Å². The Morgan fingerprint density at radius 1 is 1.06 bits per heavy atom. The van der Waals surface area contributed by atoms with Crippen LogP contribution in [0.4, 0.5) is 5.82 Å². The summed E-state index contributed by atoms with van der Waals surface area (Å²) in [5.41, 5.74) is 8.48. The minimum atomic E-state index is 0.0430. The van der Waals surface area contributed by atoms with Gasteiger partial charge in [0.2, 0.25) is 0 Å².